The second-order valence-electron chi connectivity index (χ2n) is 3.63. The van der Waals surface area contributed by atoms with Crippen LogP contribution in [0.2, 0.25) is 0 Å². The van der Waals surface area contributed by atoms with E-state index in [0.717, 1.165) is 25.9 Å². The maximum absolute atomic E-state index is 8.27. The summed E-state index contributed by atoms with van der Waals surface area (Å²) in [7, 11) is 0. The van der Waals surface area contributed by atoms with E-state index in [-0.39, 0.29) is 6.29 Å². The maximum Gasteiger partial charge on any atom is 0.154 e. The van der Waals surface area contributed by atoms with Crippen LogP contribution in [-0.4, -0.2) is 19.5 Å². The minimum absolute atomic E-state index is 0.0800. The van der Waals surface area contributed by atoms with Crippen molar-refractivity contribution in [2.24, 2.45) is 0 Å². The summed E-state index contributed by atoms with van der Waals surface area (Å²) in [5.74, 6) is 0. The summed E-state index contributed by atoms with van der Waals surface area (Å²) in [6.45, 7) is 5.37. The van der Waals surface area contributed by atoms with Crippen molar-refractivity contribution >= 4 is 0 Å². The van der Waals surface area contributed by atoms with Crippen LogP contribution < -0.4 is 0 Å². The summed E-state index contributed by atoms with van der Waals surface area (Å²) >= 11 is 0. The number of hydrogen-bond acceptors (Lipinski definition) is 3. The van der Waals surface area contributed by atoms with Gasteiger partial charge >= 0.3 is 0 Å². The minimum Gasteiger partial charge on any atom is -0.353 e. The Morgan fingerprint density at radius 3 is 2.62 bits per heavy atom. The zero-order chi connectivity index (χ0) is 12.1. The highest BCUT2D eigenvalue weighted by molar-refractivity contribution is 5.01. The Morgan fingerprint density at radius 1 is 1.19 bits per heavy atom. The molecule has 0 bridgehead atoms. The molecule has 0 N–H and O–H groups in total. The van der Waals surface area contributed by atoms with Gasteiger partial charge in [-0.1, -0.05) is 18.9 Å². The van der Waals surface area contributed by atoms with Crippen molar-refractivity contribution in [2.75, 3.05) is 13.2 Å². The molecular formula is C13H23NO2. The van der Waals surface area contributed by atoms with E-state index >= 15 is 0 Å². The Labute approximate surface area is 99.0 Å². The summed E-state index contributed by atoms with van der Waals surface area (Å²) in [6.07, 6.45) is 9.01. The molecule has 0 saturated heterocycles. The van der Waals surface area contributed by atoms with Crippen LogP contribution in [0.3, 0.4) is 0 Å². The van der Waals surface area contributed by atoms with Gasteiger partial charge in [0.15, 0.2) is 6.29 Å². The fraction of sp³-hybridized carbons (Fsp3) is 0.769. The minimum atomic E-state index is -0.0800. The van der Waals surface area contributed by atoms with E-state index in [1.807, 2.05) is 26.0 Å². The van der Waals surface area contributed by atoms with Gasteiger partial charge in [-0.2, -0.15) is 5.26 Å². The van der Waals surface area contributed by atoms with Crippen molar-refractivity contribution in [3.63, 3.8) is 0 Å². The van der Waals surface area contributed by atoms with Gasteiger partial charge in [-0.05, 0) is 33.1 Å². The van der Waals surface area contributed by atoms with Gasteiger partial charge in [0.25, 0.3) is 0 Å². The van der Waals surface area contributed by atoms with Crippen LogP contribution in [0.25, 0.3) is 0 Å². The van der Waals surface area contributed by atoms with Gasteiger partial charge in [0.05, 0.1) is 6.07 Å². The summed E-state index contributed by atoms with van der Waals surface area (Å²) in [5, 5.41) is 8.27. The summed E-state index contributed by atoms with van der Waals surface area (Å²) in [5.41, 5.74) is 0. The zero-order valence-corrected chi connectivity index (χ0v) is 10.4. The number of nitriles is 1. The molecule has 0 aliphatic rings. The van der Waals surface area contributed by atoms with Crippen LogP contribution in [0.1, 0.15) is 46.0 Å². The molecule has 0 saturated carbocycles. The molecule has 0 radical (unpaired) electrons. The third-order valence-corrected chi connectivity index (χ3v) is 2.21. The van der Waals surface area contributed by atoms with Crippen molar-refractivity contribution in [1.29, 1.82) is 5.26 Å². The van der Waals surface area contributed by atoms with E-state index in [9.17, 15) is 0 Å². The normalized spacial score (nSPS) is 12.8. The van der Waals surface area contributed by atoms with Crippen LogP contribution >= 0.6 is 0 Å². The average molecular weight is 225 g/mol. The van der Waals surface area contributed by atoms with E-state index in [1.165, 1.54) is 12.8 Å². The Hall–Kier alpha value is -0.850. The molecule has 0 aliphatic heterocycles. The first-order chi connectivity index (χ1) is 7.81. The largest absolute Gasteiger partial charge is 0.353 e. The van der Waals surface area contributed by atoms with Crippen LogP contribution in [0, 0.1) is 11.3 Å². The van der Waals surface area contributed by atoms with Gasteiger partial charge in [0, 0.05) is 19.3 Å². The Morgan fingerprint density at radius 2 is 1.94 bits per heavy atom. The molecule has 1 atom stereocenters. The lowest BCUT2D eigenvalue weighted by atomic mass is 10.1. The van der Waals surface area contributed by atoms with Crippen LogP contribution in [0.5, 0.6) is 0 Å². The lowest BCUT2D eigenvalue weighted by molar-refractivity contribution is -0.127. The third kappa shape index (κ3) is 11.2. The summed E-state index contributed by atoms with van der Waals surface area (Å²) < 4.78 is 10.7. The monoisotopic (exact) mass is 225 g/mol. The van der Waals surface area contributed by atoms with E-state index < -0.39 is 0 Å². The Kier molecular flexibility index (Phi) is 11.6. The molecule has 0 aromatic carbocycles. The first-order valence-corrected chi connectivity index (χ1v) is 6.09. The molecule has 92 valence electrons. The van der Waals surface area contributed by atoms with Gasteiger partial charge in [-0.15, -0.1) is 0 Å². The molecule has 0 rings (SSSR count). The molecule has 3 nitrogen and oxygen atoms in total. The third-order valence-electron chi connectivity index (χ3n) is 2.21. The summed E-state index contributed by atoms with van der Waals surface area (Å²) in [6, 6.07) is 1.99. The van der Waals surface area contributed by atoms with Crippen LogP contribution in [0.4, 0.5) is 0 Å². The van der Waals surface area contributed by atoms with E-state index in [2.05, 4.69) is 0 Å². The highest BCUT2D eigenvalue weighted by atomic mass is 16.7. The van der Waals surface area contributed by atoms with Gasteiger partial charge in [-0.3, -0.25) is 0 Å². The number of rotatable bonds is 10. The number of ether oxygens (including phenoxy) is 2. The van der Waals surface area contributed by atoms with Crippen molar-refractivity contribution in [3.8, 4) is 6.07 Å². The highest BCUT2D eigenvalue weighted by Gasteiger charge is 1.98. The smallest absolute Gasteiger partial charge is 0.154 e. The second kappa shape index (κ2) is 12.2. The molecule has 0 aromatic rings. The molecule has 1 unspecified atom stereocenters. The van der Waals surface area contributed by atoms with E-state index in [4.69, 9.17) is 14.7 Å². The van der Waals surface area contributed by atoms with Crippen LogP contribution in [0.15, 0.2) is 12.2 Å². The van der Waals surface area contributed by atoms with E-state index in [1.54, 1.807) is 6.08 Å². The fourth-order valence-electron chi connectivity index (χ4n) is 1.39. The van der Waals surface area contributed by atoms with Gasteiger partial charge in [0.1, 0.15) is 0 Å². The molecule has 0 aliphatic carbocycles. The highest BCUT2D eigenvalue weighted by Crippen LogP contribution is 2.05. The summed E-state index contributed by atoms with van der Waals surface area (Å²) in [4.78, 5) is 0. The Balaban J connectivity index is 3.10. The molecule has 0 heterocycles. The molecular weight excluding hydrogens is 202 g/mol. The van der Waals surface area contributed by atoms with Crippen LogP contribution in [-0.2, 0) is 9.47 Å². The van der Waals surface area contributed by atoms with Crippen molar-refractivity contribution in [2.45, 2.75) is 52.2 Å². The zero-order valence-electron chi connectivity index (χ0n) is 10.4. The van der Waals surface area contributed by atoms with Gasteiger partial charge < -0.3 is 9.47 Å². The molecule has 16 heavy (non-hydrogen) atoms. The SMILES string of the molecule is CCOC(C)OCCCCCC/C=C/C#N. The first-order valence-electron chi connectivity index (χ1n) is 6.09. The standard InChI is InChI=1S/C13H23NO2/c1-3-15-13(2)16-12-10-8-6-4-5-7-9-11-14/h7,9,13H,3-6,8,10,12H2,1-2H3/b9-7+. The lowest BCUT2D eigenvalue weighted by Gasteiger charge is -2.12. The number of allylic oxidation sites excluding steroid dienone is 2. The predicted molar refractivity (Wildman–Crippen MR) is 64.9 cm³/mol. The molecule has 0 aromatic heterocycles. The van der Waals surface area contributed by atoms with E-state index in [0.29, 0.717) is 6.61 Å². The molecule has 3 heteroatoms. The first kappa shape index (κ1) is 15.2. The molecule has 0 amide bonds. The van der Waals surface area contributed by atoms with Crippen molar-refractivity contribution in [1.82, 2.24) is 0 Å². The molecule has 0 fully saturated rings. The van der Waals surface area contributed by atoms with Gasteiger partial charge in [0.2, 0.25) is 0 Å². The molecule has 0 spiro atoms. The number of unbranched alkanes of at least 4 members (excludes halogenated alkanes) is 4. The second-order valence-corrected chi connectivity index (χ2v) is 3.63. The lowest BCUT2D eigenvalue weighted by Crippen LogP contribution is -2.13. The van der Waals surface area contributed by atoms with Gasteiger partial charge in [-0.25, -0.2) is 0 Å². The average Bonchev–Trinajstić information content (AvgIpc) is 2.27. The quantitative estimate of drug-likeness (QED) is 0.325. The fourth-order valence-corrected chi connectivity index (χ4v) is 1.39. The van der Waals surface area contributed by atoms with Crippen molar-refractivity contribution < 1.29 is 9.47 Å². The predicted octanol–water partition coefficient (Wildman–Crippen LogP) is 3.42. The van der Waals surface area contributed by atoms with Crippen molar-refractivity contribution in [3.05, 3.63) is 12.2 Å². The number of nitrogens with zero attached hydrogens (tertiary/aromatic N) is 1. The number of hydrogen-bond donors (Lipinski definition) is 0. The Bertz CT molecular complexity index is 208. The maximum atomic E-state index is 8.27. The topological polar surface area (TPSA) is 42.2 Å².